The Kier molecular flexibility index (Phi) is 3.49. The maximum atomic E-state index is 11.9. The van der Waals surface area contributed by atoms with Gasteiger partial charge in [0, 0.05) is 31.1 Å². The van der Waals surface area contributed by atoms with Crippen LogP contribution in [0.4, 0.5) is 11.4 Å². The number of hydrogen-bond donors (Lipinski definition) is 1. The number of aryl methyl sites for hydroxylation is 1. The van der Waals surface area contributed by atoms with E-state index >= 15 is 0 Å². The van der Waals surface area contributed by atoms with Gasteiger partial charge in [-0.3, -0.25) is 14.9 Å². The van der Waals surface area contributed by atoms with E-state index in [0.29, 0.717) is 35.3 Å². The van der Waals surface area contributed by atoms with E-state index in [9.17, 15) is 14.9 Å². The van der Waals surface area contributed by atoms with Crippen molar-refractivity contribution < 1.29 is 9.72 Å². The fraction of sp³-hybridized carbons (Fsp3) is 0.500. The summed E-state index contributed by atoms with van der Waals surface area (Å²) < 4.78 is 0. The van der Waals surface area contributed by atoms with Crippen molar-refractivity contribution >= 4 is 28.9 Å². The van der Waals surface area contributed by atoms with E-state index < -0.39 is 4.92 Å². The summed E-state index contributed by atoms with van der Waals surface area (Å²) in [7, 11) is 0. The standard InChI is InChI=1S/C14H16ClN3O3/c1-8-4-11(18(20)21)6-12(15)14(8)16-9-5-13(19)17(7-9)10-2-3-10/h4,6,9-10,16H,2-3,5,7H2,1H3. The van der Waals surface area contributed by atoms with Crippen molar-refractivity contribution in [2.24, 2.45) is 0 Å². The quantitative estimate of drug-likeness (QED) is 0.685. The average molecular weight is 310 g/mol. The van der Waals surface area contributed by atoms with Gasteiger partial charge in [0.2, 0.25) is 5.91 Å². The number of rotatable bonds is 4. The summed E-state index contributed by atoms with van der Waals surface area (Å²) in [6.07, 6.45) is 2.63. The molecule has 1 N–H and O–H groups in total. The van der Waals surface area contributed by atoms with Gasteiger partial charge < -0.3 is 10.2 Å². The third-order valence-electron chi connectivity index (χ3n) is 3.98. The minimum absolute atomic E-state index is 0.00996. The van der Waals surface area contributed by atoms with Crippen LogP contribution >= 0.6 is 11.6 Å². The molecule has 3 rings (SSSR count). The third kappa shape index (κ3) is 2.81. The summed E-state index contributed by atoms with van der Waals surface area (Å²) in [5.41, 5.74) is 1.37. The van der Waals surface area contributed by atoms with Crippen LogP contribution in [-0.4, -0.2) is 34.4 Å². The molecule has 2 fully saturated rings. The number of anilines is 1. The summed E-state index contributed by atoms with van der Waals surface area (Å²) >= 11 is 6.14. The maximum absolute atomic E-state index is 11.9. The molecule has 0 aromatic heterocycles. The van der Waals surface area contributed by atoms with E-state index in [0.717, 1.165) is 12.8 Å². The highest BCUT2D eigenvalue weighted by molar-refractivity contribution is 6.33. The lowest BCUT2D eigenvalue weighted by Crippen LogP contribution is -2.29. The fourth-order valence-electron chi connectivity index (χ4n) is 2.79. The molecule has 1 saturated carbocycles. The molecule has 1 aromatic carbocycles. The molecule has 0 spiro atoms. The Morgan fingerprint density at radius 3 is 2.71 bits per heavy atom. The first-order chi connectivity index (χ1) is 9.95. The number of nitro groups is 1. The van der Waals surface area contributed by atoms with Crippen LogP contribution in [-0.2, 0) is 4.79 Å². The monoisotopic (exact) mass is 309 g/mol. The first kappa shape index (κ1) is 14.1. The van der Waals surface area contributed by atoms with Crippen molar-refractivity contribution in [3.8, 4) is 0 Å². The molecular formula is C14H16ClN3O3. The lowest BCUT2D eigenvalue weighted by atomic mass is 10.1. The predicted molar refractivity (Wildman–Crippen MR) is 79.6 cm³/mol. The summed E-state index contributed by atoms with van der Waals surface area (Å²) in [5, 5.41) is 14.4. The van der Waals surface area contributed by atoms with Crippen molar-refractivity contribution in [2.75, 3.05) is 11.9 Å². The number of non-ortho nitro benzene ring substituents is 1. The molecule has 0 bridgehead atoms. The molecule has 1 atom stereocenters. The van der Waals surface area contributed by atoms with Gasteiger partial charge in [0.25, 0.3) is 5.69 Å². The molecule has 1 aliphatic carbocycles. The first-order valence-electron chi connectivity index (χ1n) is 6.96. The van der Waals surface area contributed by atoms with Crippen molar-refractivity contribution in [2.45, 2.75) is 38.3 Å². The van der Waals surface area contributed by atoms with Gasteiger partial charge in [-0.1, -0.05) is 11.6 Å². The number of nitrogens with zero attached hydrogens (tertiary/aromatic N) is 2. The number of halogens is 1. The number of nitrogens with one attached hydrogen (secondary N) is 1. The Morgan fingerprint density at radius 1 is 1.43 bits per heavy atom. The van der Waals surface area contributed by atoms with Crippen molar-refractivity contribution in [3.63, 3.8) is 0 Å². The molecule has 112 valence electrons. The van der Waals surface area contributed by atoms with Crippen LogP contribution in [0.3, 0.4) is 0 Å². The van der Waals surface area contributed by atoms with Gasteiger partial charge in [-0.15, -0.1) is 0 Å². The highest BCUT2D eigenvalue weighted by Crippen LogP contribution is 2.34. The Balaban J connectivity index is 1.76. The van der Waals surface area contributed by atoms with E-state index in [4.69, 9.17) is 11.6 Å². The molecule has 7 heteroatoms. The van der Waals surface area contributed by atoms with E-state index in [-0.39, 0.29) is 17.6 Å². The van der Waals surface area contributed by atoms with E-state index in [1.165, 1.54) is 12.1 Å². The summed E-state index contributed by atoms with van der Waals surface area (Å²) in [6.45, 7) is 2.45. The number of likely N-dealkylation sites (tertiary alicyclic amines) is 1. The van der Waals surface area contributed by atoms with Crippen LogP contribution in [0, 0.1) is 17.0 Å². The number of benzene rings is 1. The number of hydrogen-bond acceptors (Lipinski definition) is 4. The third-order valence-corrected chi connectivity index (χ3v) is 4.28. The molecule has 1 aromatic rings. The van der Waals surface area contributed by atoms with Crippen LogP contribution in [0.5, 0.6) is 0 Å². The molecule has 21 heavy (non-hydrogen) atoms. The van der Waals surface area contributed by atoms with Crippen LogP contribution in [0.2, 0.25) is 5.02 Å². The zero-order chi connectivity index (χ0) is 15.1. The lowest BCUT2D eigenvalue weighted by Gasteiger charge is -2.18. The van der Waals surface area contributed by atoms with Crippen molar-refractivity contribution in [3.05, 3.63) is 32.8 Å². The average Bonchev–Trinajstić information content (AvgIpc) is 3.18. The van der Waals surface area contributed by atoms with Crippen LogP contribution in [0.25, 0.3) is 0 Å². The second-order valence-corrected chi connectivity index (χ2v) is 6.11. The number of carbonyl (C=O) groups excluding carboxylic acids is 1. The minimum atomic E-state index is -0.462. The summed E-state index contributed by atoms with van der Waals surface area (Å²) in [4.78, 5) is 24.2. The molecule has 6 nitrogen and oxygen atoms in total. The largest absolute Gasteiger partial charge is 0.379 e. The van der Waals surface area contributed by atoms with Crippen LogP contribution < -0.4 is 5.32 Å². The fourth-order valence-corrected chi connectivity index (χ4v) is 3.10. The molecule has 1 unspecified atom stereocenters. The number of carbonyl (C=O) groups is 1. The first-order valence-corrected chi connectivity index (χ1v) is 7.34. The van der Waals surface area contributed by atoms with Gasteiger partial charge in [-0.25, -0.2) is 0 Å². The SMILES string of the molecule is Cc1cc([N+](=O)[O-])cc(Cl)c1NC1CC(=O)N(C2CC2)C1. The van der Waals surface area contributed by atoms with Crippen molar-refractivity contribution in [1.29, 1.82) is 0 Å². The van der Waals surface area contributed by atoms with Gasteiger partial charge in [0.1, 0.15) is 0 Å². The van der Waals surface area contributed by atoms with E-state index in [2.05, 4.69) is 5.32 Å². The Labute approximate surface area is 127 Å². The number of amides is 1. The number of nitro benzene ring substituents is 1. The molecule has 2 aliphatic rings. The molecule has 1 saturated heterocycles. The lowest BCUT2D eigenvalue weighted by molar-refractivity contribution is -0.384. The molecule has 1 amide bonds. The van der Waals surface area contributed by atoms with Gasteiger partial charge in [0.05, 0.1) is 21.7 Å². The topological polar surface area (TPSA) is 75.5 Å². The smallest absolute Gasteiger partial charge is 0.271 e. The van der Waals surface area contributed by atoms with Gasteiger partial charge in [0.15, 0.2) is 0 Å². The summed E-state index contributed by atoms with van der Waals surface area (Å²) in [6, 6.07) is 3.25. The van der Waals surface area contributed by atoms with Crippen molar-refractivity contribution in [1.82, 2.24) is 4.90 Å². The van der Waals surface area contributed by atoms with Gasteiger partial charge >= 0.3 is 0 Å². The van der Waals surface area contributed by atoms with E-state index in [1.807, 2.05) is 4.90 Å². The zero-order valence-electron chi connectivity index (χ0n) is 11.6. The normalized spacial score (nSPS) is 21.7. The molecule has 1 heterocycles. The highest BCUT2D eigenvalue weighted by atomic mass is 35.5. The molecule has 1 aliphatic heterocycles. The molecule has 0 radical (unpaired) electrons. The summed E-state index contributed by atoms with van der Waals surface area (Å²) in [5.74, 6) is 0.172. The van der Waals surface area contributed by atoms with Crippen LogP contribution in [0.1, 0.15) is 24.8 Å². The second-order valence-electron chi connectivity index (χ2n) is 5.70. The molecular weight excluding hydrogens is 294 g/mol. The zero-order valence-corrected chi connectivity index (χ0v) is 12.4. The van der Waals surface area contributed by atoms with Gasteiger partial charge in [-0.2, -0.15) is 0 Å². The van der Waals surface area contributed by atoms with Gasteiger partial charge in [-0.05, 0) is 25.3 Å². The Morgan fingerprint density at radius 2 is 2.14 bits per heavy atom. The maximum Gasteiger partial charge on any atom is 0.271 e. The predicted octanol–water partition coefficient (Wildman–Crippen LogP) is 2.73. The highest BCUT2D eigenvalue weighted by Gasteiger charge is 2.39. The van der Waals surface area contributed by atoms with Crippen LogP contribution in [0.15, 0.2) is 12.1 Å². The minimum Gasteiger partial charge on any atom is -0.379 e. The Bertz CT molecular complexity index is 592. The Hall–Kier alpha value is -1.82. The second kappa shape index (κ2) is 5.18. The van der Waals surface area contributed by atoms with E-state index in [1.54, 1.807) is 6.92 Å².